The van der Waals surface area contributed by atoms with Crippen molar-refractivity contribution in [2.75, 3.05) is 0 Å². The zero-order valence-corrected chi connectivity index (χ0v) is 30.2. The summed E-state index contributed by atoms with van der Waals surface area (Å²) >= 11 is 0. The second-order valence-corrected chi connectivity index (χ2v) is 14.7. The molecule has 2 nitrogen and oxygen atoms in total. The Kier molecular flexibility index (Phi) is 8.03. The van der Waals surface area contributed by atoms with E-state index in [0.717, 1.165) is 83.5 Å². The van der Waals surface area contributed by atoms with Gasteiger partial charge in [0.2, 0.25) is 0 Å². The van der Waals surface area contributed by atoms with Crippen molar-refractivity contribution in [3.05, 3.63) is 216 Å². The number of benzene rings is 8. The monoisotopic (exact) mass is 704 g/mol. The summed E-state index contributed by atoms with van der Waals surface area (Å²) < 4.78 is 0. The van der Waals surface area contributed by atoms with Crippen molar-refractivity contribution in [1.82, 2.24) is 0 Å². The largest absolute Gasteiger partial charge is 0.294 e. The molecule has 0 fully saturated rings. The lowest BCUT2D eigenvalue weighted by atomic mass is 9.78. The van der Waals surface area contributed by atoms with Crippen molar-refractivity contribution < 1.29 is 9.59 Å². The molecule has 8 aromatic carbocycles. The molecule has 0 N–H and O–H groups in total. The van der Waals surface area contributed by atoms with Gasteiger partial charge in [-0.05, 0) is 114 Å². The zero-order valence-electron chi connectivity index (χ0n) is 30.2. The minimum absolute atomic E-state index is 0.0176. The molecule has 2 aliphatic rings. The van der Waals surface area contributed by atoms with Gasteiger partial charge in [-0.2, -0.15) is 0 Å². The molecular formula is C53H36O2. The van der Waals surface area contributed by atoms with Crippen LogP contribution in [0.5, 0.6) is 0 Å². The van der Waals surface area contributed by atoms with Gasteiger partial charge in [0.05, 0.1) is 0 Å². The molecule has 0 radical (unpaired) electrons. The van der Waals surface area contributed by atoms with Crippen molar-refractivity contribution in [2.45, 2.75) is 18.8 Å². The number of fused-ring (bicyclic) bond motifs is 7. The molecule has 0 spiro atoms. The number of hydrogen-bond donors (Lipinski definition) is 0. The molecule has 0 amide bonds. The van der Waals surface area contributed by atoms with Gasteiger partial charge in [0, 0.05) is 23.1 Å². The SMILES string of the molecule is O=C1CC2Cc3ccc(-c4ccccc4)cc3-c3ccccc3C(=O)c3ccccc3-c3cc(-c4ccccc4)cc(c32)-c2cc(-c3ccccc3)ccc21. The van der Waals surface area contributed by atoms with Gasteiger partial charge in [0.25, 0.3) is 0 Å². The Labute approximate surface area is 321 Å². The van der Waals surface area contributed by atoms with E-state index in [1.165, 1.54) is 0 Å². The van der Waals surface area contributed by atoms with Crippen LogP contribution in [0.4, 0.5) is 0 Å². The van der Waals surface area contributed by atoms with Crippen LogP contribution in [0.15, 0.2) is 188 Å². The first-order valence-corrected chi connectivity index (χ1v) is 19.0. The van der Waals surface area contributed by atoms with Crippen LogP contribution in [0.1, 0.15) is 49.7 Å². The molecule has 260 valence electrons. The Bertz CT molecular complexity index is 2780. The lowest BCUT2D eigenvalue weighted by Gasteiger charge is -2.25. The quantitative estimate of drug-likeness (QED) is 0.183. The van der Waals surface area contributed by atoms with Gasteiger partial charge in [-0.15, -0.1) is 0 Å². The van der Waals surface area contributed by atoms with E-state index in [-0.39, 0.29) is 17.5 Å². The van der Waals surface area contributed by atoms with E-state index >= 15 is 4.79 Å². The summed E-state index contributed by atoms with van der Waals surface area (Å²) in [6.07, 6.45) is 0.977. The van der Waals surface area contributed by atoms with Crippen LogP contribution in [-0.2, 0) is 6.42 Å². The highest BCUT2D eigenvalue weighted by Gasteiger charge is 2.33. The first kappa shape index (κ1) is 32.7. The summed E-state index contributed by atoms with van der Waals surface area (Å²) in [5.41, 5.74) is 16.6. The maximum Gasteiger partial charge on any atom is 0.194 e. The minimum Gasteiger partial charge on any atom is -0.294 e. The Morgan fingerprint density at radius 1 is 0.309 bits per heavy atom. The lowest BCUT2D eigenvalue weighted by Crippen LogP contribution is -2.11. The predicted molar refractivity (Wildman–Crippen MR) is 224 cm³/mol. The van der Waals surface area contributed by atoms with Crippen molar-refractivity contribution in [2.24, 2.45) is 0 Å². The molecule has 0 aromatic heterocycles. The summed E-state index contributed by atoms with van der Waals surface area (Å²) in [4.78, 5) is 29.8. The number of carbonyl (C=O) groups is 2. The first-order valence-electron chi connectivity index (χ1n) is 19.0. The van der Waals surface area contributed by atoms with Gasteiger partial charge in [-0.3, -0.25) is 9.59 Å². The van der Waals surface area contributed by atoms with Crippen molar-refractivity contribution in [3.63, 3.8) is 0 Å². The fourth-order valence-electron chi connectivity index (χ4n) is 8.82. The molecule has 10 rings (SSSR count). The number of hydrogen-bond acceptors (Lipinski definition) is 2. The van der Waals surface area contributed by atoms with Gasteiger partial charge in [-0.1, -0.05) is 164 Å². The first-order chi connectivity index (χ1) is 27.1. The van der Waals surface area contributed by atoms with Crippen LogP contribution in [0.2, 0.25) is 0 Å². The molecule has 0 saturated carbocycles. The smallest absolute Gasteiger partial charge is 0.194 e. The minimum atomic E-state index is -0.162. The number of rotatable bonds is 3. The van der Waals surface area contributed by atoms with E-state index < -0.39 is 0 Å². The summed E-state index contributed by atoms with van der Waals surface area (Å²) in [6, 6.07) is 64.7. The Hall–Kier alpha value is -6.90. The fourth-order valence-corrected chi connectivity index (χ4v) is 8.82. The Morgan fingerprint density at radius 3 is 1.33 bits per heavy atom. The molecule has 8 aromatic rings. The molecule has 0 heterocycles. The highest BCUT2D eigenvalue weighted by Crippen LogP contribution is 2.49. The third kappa shape index (κ3) is 5.75. The van der Waals surface area contributed by atoms with Crippen molar-refractivity contribution >= 4 is 11.6 Å². The standard InChI is InChI=1S/C53H36O2/c54-51-33-41-28-39-25-24-37(34-14-4-1-5-15-34)29-47(39)42-20-10-12-22-45(42)53(55)46-23-13-11-21-43(46)49-31-40(36-18-8-3-9-19-36)32-50(52(41)49)48-30-38(26-27-44(48)51)35-16-6-2-7-17-35/h1-27,29-32,41H,28,33H2. The molecule has 0 bridgehead atoms. The zero-order chi connectivity index (χ0) is 36.9. The highest BCUT2D eigenvalue weighted by atomic mass is 16.1. The third-order valence-corrected chi connectivity index (χ3v) is 11.5. The summed E-state index contributed by atoms with van der Waals surface area (Å²) in [5, 5.41) is 0. The average Bonchev–Trinajstić information content (AvgIpc) is 3.37. The number of carbonyl (C=O) groups excluding carboxylic acids is 2. The van der Waals surface area contributed by atoms with Gasteiger partial charge in [0.1, 0.15) is 0 Å². The molecule has 55 heavy (non-hydrogen) atoms. The van der Waals surface area contributed by atoms with Crippen molar-refractivity contribution in [3.8, 4) is 66.8 Å². The molecule has 2 aliphatic carbocycles. The summed E-state index contributed by atoms with van der Waals surface area (Å²) in [7, 11) is 0. The van der Waals surface area contributed by atoms with Gasteiger partial charge >= 0.3 is 0 Å². The van der Waals surface area contributed by atoms with E-state index in [9.17, 15) is 4.79 Å². The lowest BCUT2D eigenvalue weighted by molar-refractivity contribution is 0.0974. The highest BCUT2D eigenvalue weighted by molar-refractivity contribution is 6.17. The summed E-state index contributed by atoms with van der Waals surface area (Å²) in [6.45, 7) is 0. The maximum absolute atomic E-state index is 15.1. The molecular weight excluding hydrogens is 669 g/mol. The van der Waals surface area contributed by atoms with Crippen LogP contribution < -0.4 is 0 Å². The predicted octanol–water partition coefficient (Wildman–Crippen LogP) is 13.1. The normalized spacial score (nSPS) is 14.3. The van der Waals surface area contributed by atoms with E-state index in [1.54, 1.807) is 0 Å². The van der Waals surface area contributed by atoms with Gasteiger partial charge in [-0.25, -0.2) is 0 Å². The van der Waals surface area contributed by atoms with Crippen LogP contribution >= 0.6 is 0 Å². The topological polar surface area (TPSA) is 34.1 Å². The Morgan fingerprint density at radius 2 is 0.745 bits per heavy atom. The molecule has 0 saturated heterocycles. The molecule has 0 aliphatic heterocycles. The van der Waals surface area contributed by atoms with Gasteiger partial charge in [0.15, 0.2) is 11.6 Å². The number of Topliss-reactive ketones (excluding diaryl/α,β-unsaturated/α-hetero) is 1. The van der Waals surface area contributed by atoms with E-state index in [0.29, 0.717) is 24.0 Å². The Balaban J connectivity index is 1.31. The molecule has 1 unspecified atom stereocenters. The van der Waals surface area contributed by atoms with Crippen LogP contribution in [0.3, 0.4) is 0 Å². The average molecular weight is 705 g/mol. The maximum atomic E-state index is 15.1. The van der Waals surface area contributed by atoms with E-state index in [1.807, 2.05) is 60.7 Å². The van der Waals surface area contributed by atoms with Gasteiger partial charge < -0.3 is 0 Å². The second kappa shape index (κ2) is 13.5. The van der Waals surface area contributed by atoms with E-state index in [4.69, 9.17) is 0 Å². The second-order valence-electron chi connectivity index (χ2n) is 14.7. The van der Waals surface area contributed by atoms with Crippen molar-refractivity contribution in [1.29, 1.82) is 0 Å². The van der Waals surface area contributed by atoms with Crippen LogP contribution in [0.25, 0.3) is 66.8 Å². The van der Waals surface area contributed by atoms with Crippen LogP contribution in [0, 0.1) is 0 Å². The molecule has 2 heteroatoms. The third-order valence-electron chi connectivity index (χ3n) is 11.5. The number of ketones is 2. The summed E-state index contributed by atoms with van der Waals surface area (Å²) in [5.74, 6) is -0.0502. The van der Waals surface area contributed by atoms with Crippen LogP contribution in [-0.4, -0.2) is 11.6 Å². The molecule has 1 atom stereocenters. The van der Waals surface area contributed by atoms with E-state index in [2.05, 4.69) is 127 Å². The fraction of sp³-hybridized carbons (Fsp3) is 0.0566.